The van der Waals surface area contributed by atoms with E-state index in [9.17, 15) is 4.79 Å². The van der Waals surface area contributed by atoms with E-state index in [1.165, 1.54) is 0 Å². The SMILES string of the molecule is O=C(COc1ccccc1)NC(=S)Nc1cccc(-c2ccc(CO)o2)c1. The van der Waals surface area contributed by atoms with Gasteiger partial charge in [0, 0.05) is 11.3 Å². The number of hydrogen-bond acceptors (Lipinski definition) is 5. The normalized spacial score (nSPS) is 10.3. The molecule has 0 spiro atoms. The third kappa shape index (κ3) is 5.40. The number of nitrogens with one attached hydrogen (secondary N) is 2. The molecule has 3 N–H and O–H groups in total. The van der Waals surface area contributed by atoms with Gasteiger partial charge in [-0.2, -0.15) is 0 Å². The van der Waals surface area contributed by atoms with Crippen molar-refractivity contribution < 1.29 is 19.1 Å². The Morgan fingerprint density at radius 3 is 2.63 bits per heavy atom. The molecule has 1 aromatic heterocycles. The van der Waals surface area contributed by atoms with Gasteiger partial charge in [-0.3, -0.25) is 10.1 Å². The van der Waals surface area contributed by atoms with Crippen LogP contribution in [0.5, 0.6) is 5.75 Å². The lowest BCUT2D eigenvalue weighted by molar-refractivity contribution is -0.121. The number of thiocarbonyl (C=S) groups is 1. The molecule has 0 aliphatic carbocycles. The lowest BCUT2D eigenvalue weighted by Crippen LogP contribution is -2.37. The Balaban J connectivity index is 1.54. The molecular formula is C20H18N2O4S. The minimum atomic E-state index is -0.355. The molecule has 3 rings (SSSR count). The van der Waals surface area contributed by atoms with Crippen molar-refractivity contribution in [2.45, 2.75) is 6.61 Å². The Kier molecular flexibility index (Phi) is 6.19. The average molecular weight is 382 g/mol. The van der Waals surface area contributed by atoms with Crippen LogP contribution in [0, 0.1) is 0 Å². The van der Waals surface area contributed by atoms with Crippen LogP contribution >= 0.6 is 12.2 Å². The third-order valence-corrected chi connectivity index (χ3v) is 3.79. The minimum Gasteiger partial charge on any atom is -0.484 e. The summed E-state index contributed by atoms with van der Waals surface area (Å²) in [5.41, 5.74) is 1.52. The van der Waals surface area contributed by atoms with Crippen molar-refractivity contribution in [3.8, 4) is 17.1 Å². The number of para-hydroxylation sites is 1. The van der Waals surface area contributed by atoms with Gasteiger partial charge in [0.05, 0.1) is 0 Å². The summed E-state index contributed by atoms with van der Waals surface area (Å²) in [7, 11) is 0. The molecule has 0 saturated heterocycles. The summed E-state index contributed by atoms with van der Waals surface area (Å²) >= 11 is 5.17. The van der Waals surface area contributed by atoms with Gasteiger partial charge in [0.25, 0.3) is 5.91 Å². The van der Waals surface area contributed by atoms with Crippen LogP contribution in [-0.2, 0) is 11.4 Å². The van der Waals surface area contributed by atoms with Crippen LogP contribution in [0.4, 0.5) is 5.69 Å². The highest BCUT2D eigenvalue weighted by molar-refractivity contribution is 7.80. The van der Waals surface area contributed by atoms with Crippen molar-refractivity contribution >= 4 is 28.9 Å². The molecule has 1 amide bonds. The van der Waals surface area contributed by atoms with E-state index >= 15 is 0 Å². The van der Waals surface area contributed by atoms with Gasteiger partial charge in [0.1, 0.15) is 23.9 Å². The van der Waals surface area contributed by atoms with Crippen LogP contribution in [0.15, 0.2) is 71.1 Å². The highest BCUT2D eigenvalue weighted by Gasteiger charge is 2.08. The number of aliphatic hydroxyl groups excluding tert-OH is 1. The zero-order valence-corrected chi connectivity index (χ0v) is 15.2. The van der Waals surface area contributed by atoms with Gasteiger partial charge in [0.15, 0.2) is 11.7 Å². The smallest absolute Gasteiger partial charge is 0.264 e. The van der Waals surface area contributed by atoms with E-state index in [0.717, 1.165) is 5.56 Å². The van der Waals surface area contributed by atoms with Gasteiger partial charge >= 0.3 is 0 Å². The molecule has 0 aliphatic heterocycles. The van der Waals surface area contributed by atoms with Crippen LogP contribution in [0.3, 0.4) is 0 Å². The Morgan fingerprint density at radius 2 is 1.89 bits per heavy atom. The van der Waals surface area contributed by atoms with E-state index < -0.39 is 0 Å². The van der Waals surface area contributed by atoms with Crippen molar-refractivity contribution in [3.63, 3.8) is 0 Å². The second-order valence-electron chi connectivity index (χ2n) is 5.61. The molecule has 0 atom stereocenters. The summed E-state index contributed by atoms with van der Waals surface area (Å²) in [5.74, 6) is 1.38. The quantitative estimate of drug-likeness (QED) is 0.567. The van der Waals surface area contributed by atoms with Crippen LogP contribution < -0.4 is 15.4 Å². The van der Waals surface area contributed by atoms with Crippen molar-refractivity contribution in [3.05, 3.63) is 72.5 Å². The topological polar surface area (TPSA) is 83.7 Å². The van der Waals surface area contributed by atoms with Gasteiger partial charge in [-0.15, -0.1) is 0 Å². The number of hydrogen-bond donors (Lipinski definition) is 3. The van der Waals surface area contributed by atoms with E-state index in [1.54, 1.807) is 24.3 Å². The number of rotatable bonds is 6. The molecule has 0 bridgehead atoms. The summed E-state index contributed by atoms with van der Waals surface area (Å²) in [6.07, 6.45) is 0. The van der Waals surface area contributed by atoms with Gasteiger partial charge in [0.2, 0.25) is 0 Å². The van der Waals surface area contributed by atoms with Crippen molar-refractivity contribution in [1.29, 1.82) is 0 Å². The lowest BCUT2D eigenvalue weighted by Gasteiger charge is -2.11. The van der Waals surface area contributed by atoms with Crippen molar-refractivity contribution in [2.75, 3.05) is 11.9 Å². The number of anilines is 1. The third-order valence-electron chi connectivity index (χ3n) is 3.59. The zero-order valence-electron chi connectivity index (χ0n) is 14.3. The highest BCUT2D eigenvalue weighted by atomic mass is 32.1. The van der Waals surface area contributed by atoms with Gasteiger partial charge in [-0.25, -0.2) is 0 Å². The first-order valence-electron chi connectivity index (χ1n) is 8.23. The van der Waals surface area contributed by atoms with Crippen LogP contribution in [0.25, 0.3) is 11.3 Å². The molecule has 1 heterocycles. The fraction of sp³-hybridized carbons (Fsp3) is 0.100. The second kappa shape index (κ2) is 8.98. The minimum absolute atomic E-state index is 0.137. The van der Waals surface area contributed by atoms with Crippen molar-refractivity contribution in [2.24, 2.45) is 0 Å². The highest BCUT2D eigenvalue weighted by Crippen LogP contribution is 2.24. The number of amides is 1. The molecule has 0 radical (unpaired) electrons. The Labute approximate surface area is 161 Å². The standard InChI is InChI=1S/C20H18N2O4S/c23-12-17-9-10-18(26-17)14-5-4-6-15(11-14)21-20(27)22-19(24)13-25-16-7-2-1-3-8-16/h1-11,23H,12-13H2,(H2,21,22,24,27). The summed E-state index contributed by atoms with van der Waals surface area (Å²) in [6.45, 7) is -0.290. The Morgan fingerprint density at radius 1 is 1.07 bits per heavy atom. The first-order chi connectivity index (χ1) is 13.1. The summed E-state index contributed by atoms with van der Waals surface area (Å²) in [4.78, 5) is 11.9. The molecule has 0 aliphatic rings. The average Bonchev–Trinajstić information content (AvgIpc) is 3.17. The predicted octanol–water partition coefficient (Wildman–Crippen LogP) is 3.33. The van der Waals surface area contributed by atoms with E-state index in [0.29, 0.717) is 23.0 Å². The second-order valence-corrected chi connectivity index (χ2v) is 6.02. The van der Waals surface area contributed by atoms with E-state index in [4.69, 9.17) is 26.5 Å². The summed E-state index contributed by atoms with van der Waals surface area (Å²) in [6, 6.07) is 19.9. The summed E-state index contributed by atoms with van der Waals surface area (Å²) < 4.78 is 10.9. The molecule has 0 saturated carbocycles. The maximum atomic E-state index is 11.9. The maximum absolute atomic E-state index is 11.9. The maximum Gasteiger partial charge on any atom is 0.264 e. The van der Waals surface area contributed by atoms with Gasteiger partial charge < -0.3 is 19.6 Å². The molecule has 0 fully saturated rings. The largest absolute Gasteiger partial charge is 0.484 e. The number of aliphatic hydroxyl groups is 1. The fourth-order valence-electron chi connectivity index (χ4n) is 2.36. The number of ether oxygens (including phenoxy) is 1. The fourth-order valence-corrected chi connectivity index (χ4v) is 2.59. The van der Waals surface area contributed by atoms with E-state index in [1.807, 2.05) is 42.5 Å². The first kappa shape index (κ1) is 18.6. The monoisotopic (exact) mass is 382 g/mol. The molecule has 7 heteroatoms. The molecule has 0 unspecified atom stereocenters. The molecule has 2 aromatic carbocycles. The number of benzene rings is 2. The zero-order chi connectivity index (χ0) is 19.1. The summed E-state index contributed by atoms with van der Waals surface area (Å²) in [5, 5.41) is 14.8. The molecule has 138 valence electrons. The van der Waals surface area contributed by atoms with Gasteiger partial charge in [-0.1, -0.05) is 30.3 Å². The number of furan rings is 1. The van der Waals surface area contributed by atoms with Crippen LogP contribution in [-0.4, -0.2) is 22.7 Å². The van der Waals surface area contributed by atoms with E-state index in [2.05, 4.69) is 10.6 Å². The first-order valence-corrected chi connectivity index (χ1v) is 8.63. The molecular weight excluding hydrogens is 364 g/mol. The van der Waals surface area contributed by atoms with Crippen LogP contribution in [0.1, 0.15) is 5.76 Å². The lowest BCUT2D eigenvalue weighted by atomic mass is 10.1. The van der Waals surface area contributed by atoms with Crippen LogP contribution in [0.2, 0.25) is 0 Å². The Hall–Kier alpha value is -3.16. The van der Waals surface area contributed by atoms with E-state index in [-0.39, 0.29) is 24.2 Å². The Bertz CT molecular complexity index is 924. The van der Waals surface area contributed by atoms with Crippen molar-refractivity contribution in [1.82, 2.24) is 5.32 Å². The molecule has 3 aromatic rings. The van der Waals surface area contributed by atoms with Gasteiger partial charge in [-0.05, 0) is 48.6 Å². The molecule has 6 nitrogen and oxygen atoms in total. The number of carbonyl (C=O) groups excluding carboxylic acids is 1. The predicted molar refractivity (Wildman–Crippen MR) is 106 cm³/mol. The number of carbonyl (C=O) groups is 1. The molecule has 27 heavy (non-hydrogen) atoms.